The number of carbonyl (C=O) groups excluding carboxylic acids is 1. The summed E-state index contributed by atoms with van der Waals surface area (Å²) in [6, 6.07) is -0.211. The Morgan fingerprint density at radius 1 is 1.62 bits per heavy atom. The van der Waals surface area contributed by atoms with Crippen molar-refractivity contribution in [2.24, 2.45) is 5.92 Å². The predicted molar refractivity (Wildman–Crippen MR) is 58.4 cm³/mol. The average molecular weight is 241 g/mol. The monoisotopic (exact) mass is 241 g/mol. The molecule has 1 saturated heterocycles. The van der Waals surface area contributed by atoms with Gasteiger partial charge in [0, 0.05) is 30.6 Å². The molecule has 0 bridgehead atoms. The molecular formula is C9H11N3O3S. The van der Waals surface area contributed by atoms with Crippen LogP contribution < -0.4 is 5.32 Å². The van der Waals surface area contributed by atoms with Gasteiger partial charge in [0.1, 0.15) is 0 Å². The maximum atomic E-state index is 11.6. The van der Waals surface area contributed by atoms with Crippen LogP contribution in [0.1, 0.15) is 6.42 Å². The van der Waals surface area contributed by atoms with Gasteiger partial charge in [-0.05, 0) is 0 Å². The Hall–Kier alpha value is -1.63. The van der Waals surface area contributed by atoms with Crippen molar-refractivity contribution >= 4 is 28.5 Å². The van der Waals surface area contributed by atoms with Gasteiger partial charge in [0.2, 0.25) is 0 Å². The average Bonchev–Trinajstić information content (AvgIpc) is 2.62. The SMILES string of the molecule is O=C(O)CC1CN(C(=O)Nc2nccs2)C1. The lowest BCUT2D eigenvalue weighted by molar-refractivity contribution is -0.139. The van der Waals surface area contributed by atoms with Crippen LogP contribution in [0.3, 0.4) is 0 Å². The molecule has 1 aromatic heterocycles. The Balaban J connectivity index is 1.75. The number of nitrogens with one attached hydrogen (secondary N) is 1. The molecule has 0 spiro atoms. The third-order valence-electron chi connectivity index (χ3n) is 2.35. The first-order valence-electron chi connectivity index (χ1n) is 4.82. The van der Waals surface area contributed by atoms with Gasteiger partial charge >= 0.3 is 12.0 Å². The highest BCUT2D eigenvalue weighted by Crippen LogP contribution is 2.20. The lowest BCUT2D eigenvalue weighted by atomic mass is 9.97. The standard InChI is InChI=1S/C9H11N3O3S/c13-7(14)3-6-4-12(5-6)9(15)11-8-10-1-2-16-8/h1-2,6H,3-5H2,(H,13,14)(H,10,11,15). The number of anilines is 1. The van der Waals surface area contributed by atoms with E-state index in [2.05, 4.69) is 10.3 Å². The molecule has 0 unspecified atom stereocenters. The number of aromatic nitrogens is 1. The number of urea groups is 1. The molecule has 2 amide bonds. The van der Waals surface area contributed by atoms with E-state index in [0.717, 1.165) is 0 Å². The summed E-state index contributed by atoms with van der Waals surface area (Å²) < 4.78 is 0. The van der Waals surface area contributed by atoms with E-state index in [-0.39, 0.29) is 18.4 Å². The van der Waals surface area contributed by atoms with Crippen LogP contribution in [0, 0.1) is 5.92 Å². The lowest BCUT2D eigenvalue weighted by Gasteiger charge is -2.38. The van der Waals surface area contributed by atoms with E-state index in [9.17, 15) is 9.59 Å². The largest absolute Gasteiger partial charge is 0.481 e. The number of nitrogens with zero attached hydrogens (tertiary/aromatic N) is 2. The molecule has 0 saturated carbocycles. The Morgan fingerprint density at radius 2 is 2.38 bits per heavy atom. The third kappa shape index (κ3) is 2.48. The number of carboxylic acid groups (broad SMARTS) is 1. The van der Waals surface area contributed by atoms with Gasteiger partial charge in [0.05, 0.1) is 6.42 Å². The van der Waals surface area contributed by atoms with Crippen LogP contribution >= 0.6 is 11.3 Å². The number of rotatable bonds is 3. The first-order chi connectivity index (χ1) is 7.65. The van der Waals surface area contributed by atoms with Crippen LogP contribution in [-0.4, -0.2) is 40.1 Å². The van der Waals surface area contributed by atoms with Gasteiger partial charge in [-0.1, -0.05) is 0 Å². The molecule has 0 radical (unpaired) electrons. The zero-order valence-electron chi connectivity index (χ0n) is 8.42. The van der Waals surface area contributed by atoms with E-state index in [4.69, 9.17) is 5.11 Å². The second kappa shape index (κ2) is 4.48. The summed E-state index contributed by atoms with van der Waals surface area (Å²) in [6.45, 7) is 1.01. The first kappa shape index (κ1) is 10.9. The van der Waals surface area contributed by atoms with E-state index in [1.165, 1.54) is 11.3 Å². The zero-order valence-corrected chi connectivity index (χ0v) is 9.24. The van der Waals surface area contributed by atoms with E-state index in [0.29, 0.717) is 18.2 Å². The van der Waals surface area contributed by atoms with Crippen molar-refractivity contribution in [2.75, 3.05) is 18.4 Å². The normalized spacial score (nSPS) is 15.6. The summed E-state index contributed by atoms with van der Waals surface area (Å²) in [5.74, 6) is -0.732. The fourth-order valence-corrected chi connectivity index (χ4v) is 2.09. The minimum Gasteiger partial charge on any atom is -0.481 e. The number of hydrogen-bond acceptors (Lipinski definition) is 4. The lowest BCUT2D eigenvalue weighted by Crippen LogP contribution is -2.52. The van der Waals surface area contributed by atoms with Gasteiger partial charge in [-0.3, -0.25) is 10.1 Å². The summed E-state index contributed by atoms with van der Waals surface area (Å²) in [5, 5.41) is 13.5. The molecule has 0 atom stereocenters. The topological polar surface area (TPSA) is 82.5 Å². The molecule has 0 aliphatic carbocycles. The van der Waals surface area contributed by atoms with Crippen LogP contribution in [0.2, 0.25) is 0 Å². The van der Waals surface area contributed by atoms with Crippen LogP contribution in [0.25, 0.3) is 0 Å². The van der Waals surface area contributed by atoms with Gasteiger partial charge in [0.25, 0.3) is 0 Å². The molecule has 6 nitrogen and oxygen atoms in total. The highest BCUT2D eigenvalue weighted by molar-refractivity contribution is 7.13. The van der Waals surface area contributed by atoms with E-state index in [1.54, 1.807) is 16.5 Å². The molecule has 2 heterocycles. The fraction of sp³-hybridized carbons (Fsp3) is 0.444. The Labute approximate surface area is 95.9 Å². The summed E-state index contributed by atoms with van der Waals surface area (Å²) in [7, 11) is 0. The molecule has 1 aromatic rings. The summed E-state index contributed by atoms with van der Waals surface area (Å²) in [4.78, 5) is 27.5. The maximum absolute atomic E-state index is 11.6. The highest BCUT2D eigenvalue weighted by Gasteiger charge is 2.32. The molecule has 1 fully saturated rings. The minimum absolute atomic E-state index is 0.0829. The maximum Gasteiger partial charge on any atom is 0.323 e. The molecule has 2 N–H and O–H groups in total. The first-order valence-corrected chi connectivity index (χ1v) is 5.70. The molecule has 0 aromatic carbocycles. The molecule has 1 aliphatic heterocycles. The van der Waals surface area contributed by atoms with Crippen LogP contribution in [0.15, 0.2) is 11.6 Å². The van der Waals surface area contributed by atoms with Crippen molar-refractivity contribution in [3.05, 3.63) is 11.6 Å². The summed E-state index contributed by atoms with van der Waals surface area (Å²) in [6.07, 6.45) is 1.74. The van der Waals surface area contributed by atoms with Crippen molar-refractivity contribution < 1.29 is 14.7 Å². The smallest absolute Gasteiger partial charge is 0.323 e. The molecule has 86 valence electrons. The second-order valence-electron chi connectivity index (χ2n) is 3.64. The third-order valence-corrected chi connectivity index (χ3v) is 3.04. The number of carbonyl (C=O) groups is 2. The number of carboxylic acids is 1. The number of amides is 2. The molecule has 2 rings (SSSR count). The van der Waals surface area contributed by atoms with Gasteiger partial charge in [-0.2, -0.15) is 0 Å². The van der Waals surface area contributed by atoms with E-state index in [1.807, 2.05) is 0 Å². The van der Waals surface area contributed by atoms with Crippen molar-refractivity contribution in [3.63, 3.8) is 0 Å². The van der Waals surface area contributed by atoms with Crippen molar-refractivity contribution in [2.45, 2.75) is 6.42 Å². The summed E-state index contributed by atoms with van der Waals surface area (Å²) in [5.41, 5.74) is 0. The Bertz CT molecular complexity index is 387. The van der Waals surface area contributed by atoms with Gasteiger partial charge < -0.3 is 10.0 Å². The second-order valence-corrected chi connectivity index (χ2v) is 4.53. The van der Waals surface area contributed by atoms with Crippen LogP contribution in [0.5, 0.6) is 0 Å². The van der Waals surface area contributed by atoms with Crippen molar-refractivity contribution in [3.8, 4) is 0 Å². The number of thiazole rings is 1. The Kier molecular flexibility index (Phi) is 3.04. The Morgan fingerprint density at radius 3 is 2.94 bits per heavy atom. The number of aliphatic carboxylic acids is 1. The predicted octanol–water partition coefficient (Wildman–Crippen LogP) is 1.08. The quantitative estimate of drug-likeness (QED) is 0.829. The highest BCUT2D eigenvalue weighted by atomic mass is 32.1. The van der Waals surface area contributed by atoms with Crippen LogP contribution in [0.4, 0.5) is 9.93 Å². The zero-order chi connectivity index (χ0) is 11.5. The van der Waals surface area contributed by atoms with Gasteiger partial charge in [-0.25, -0.2) is 9.78 Å². The molecule has 7 heteroatoms. The van der Waals surface area contributed by atoms with Gasteiger partial charge in [-0.15, -0.1) is 11.3 Å². The van der Waals surface area contributed by atoms with Gasteiger partial charge in [0.15, 0.2) is 5.13 Å². The fourth-order valence-electron chi connectivity index (χ4n) is 1.57. The van der Waals surface area contributed by atoms with Crippen LogP contribution in [-0.2, 0) is 4.79 Å². The molecular weight excluding hydrogens is 230 g/mol. The number of likely N-dealkylation sites (tertiary alicyclic amines) is 1. The molecule has 1 aliphatic rings. The summed E-state index contributed by atoms with van der Waals surface area (Å²) >= 11 is 1.35. The van der Waals surface area contributed by atoms with E-state index >= 15 is 0 Å². The molecule has 16 heavy (non-hydrogen) atoms. The number of hydrogen-bond donors (Lipinski definition) is 2. The minimum atomic E-state index is -0.815. The van der Waals surface area contributed by atoms with Crippen molar-refractivity contribution in [1.82, 2.24) is 9.88 Å². The van der Waals surface area contributed by atoms with Crippen molar-refractivity contribution in [1.29, 1.82) is 0 Å². The van der Waals surface area contributed by atoms with E-state index < -0.39 is 5.97 Å².